The molecule has 1 aromatic carbocycles. The summed E-state index contributed by atoms with van der Waals surface area (Å²) in [5, 5.41) is 8.76. The van der Waals surface area contributed by atoms with Gasteiger partial charge in [-0.3, -0.25) is 9.59 Å². The molecule has 3 saturated carbocycles. The van der Waals surface area contributed by atoms with Gasteiger partial charge in [0.2, 0.25) is 0 Å². The van der Waals surface area contributed by atoms with Crippen LogP contribution in [-0.2, 0) is 23.1 Å². The molecule has 6 rings (SSSR count). The second-order valence-electron chi connectivity index (χ2n) is 10.7. The van der Waals surface area contributed by atoms with Crippen molar-refractivity contribution in [1.29, 1.82) is 0 Å². The number of fused-ring (bicyclic) bond motifs is 3. The van der Waals surface area contributed by atoms with Crippen molar-refractivity contribution in [3.05, 3.63) is 52.9 Å². The number of halogens is 1. The molecule has 0 atom stereocenters. The fourth-order valence-corrected chi connectivity index (χ4v) is 5.72. The van der Waals surface area contributed by atoms with Gasteiger partial charge >= 0.3 is 0 Å². The van der Waals surface area contributed by atoms with Crippen molar-refractivity contribution in [3.63, 3.8) is 0 Å². The molecule has 3 aliphatic rings. The number of primary amides is 1. The predicted molar refractivity (Wildman–Crippen MR) is 133 cm³/mol. The number of Topliss-reactive ketones (excluding diaryl/α,β-unsaturated/α-hetero) is 1. The Morgan fingerprint density at radius 3 is 2.31 bits per heavy atom. The molecule has 190 valence electrons. The first kappa shape index (κ1) is 24.2. The van der Waals surface area contributed by atoms with E-state index in [0.29, 0.717) is 36.3 Å². The Hall–Kier alpha value is -3.49. The summed E-state index contributed by atoms with van der Waals surface area (Å²) in [5.41, 5.74) is 13.6. The molecule has 3 fully saturated rings. The molecule has 1 amide bonds. The number of hydrogen-bond acceptors (Lipinski definition) is 6. The van der Waals surface area contributed by atoms with E-state index in [1.807, 2.05) is 44.2 Å². The van der Waals surface area contributed by atoms with Gasteiger partial charge in [-0.05, 0) is 57.9 Å². The van der Waals surface area contributed by atoms with Crippen LogP contribution in [-0.4, -0.2) is 32.3 Å². The van der Waals surface area contributed by atoms with E-state index < -0.39 is 11.6 Å². The lowest BCUT2D eigenvalue weighted by Gasteiger charge is -2.48. The normalized spacial score (nSPS) is 23.3. The third-order valence-electron chi connectivity index (χ3n) is 7.94. The molecule has 3 aliphatic carbocycles. The predicted octanol–water partition coefficient (Wildman–Crippen LogP) is 4.47. The van der Waals surface area contributed by atoms with Crippen LogP contribution in [0, 0.1) is 0 Å². The first-order valence-corrected chi connectivity index (χ1v) is 12.5. The minimum atomic E-state index is -0.998. The molecule has 4 N–H and O–H groups in total. The van der Waals surface area contributed by atoms with Crippen molar-refractivity contribution in [2.75, 3.05) is 5.73 Å². The summed E-state index contributed by atoms with van der Waals surface area (Å²) in [7, 11) is 0. The van der Waals surface area contributed by atoms with Crippen LogP contribution in [0.5, 0.6) is 0 Å². The number of carbonyl (C=O) groups excluding carboxylic acids is 2. The van der Waals surface area contributed by atoms with Gasteiger partial charge < -0.3 is 16.0 Å². The number of carbonyl (C=O) groups is 2. The van der Waals surface area contributed by atoms with Crippen LogP contribution in [0.3, 0.4) is 0 Å². The van der Waals surface area contributed by atoms with Crippen LogP contribution in [0.1, 0.15) is 85.8 Å². The number of anilines is 1. The molecule has 2 bridgehead atoms. The number of amides is 1. The van der Waals surface area contributed by atoms with E-state index in [-0.39, 0.29) is 41.5 Å². The van der Waals surface area contributed by atoms with Crippen LogP contribution in [0.25, 0.3) is 11.3 Å². The molecule has 0 radical (unpaired) electrons. The second-order valence-corrected chi connectivity index (χ2v) is 10.7. The average Bonchev–Trinajstić information content (AvgIpc) is 3.45. The molecule has 8 nitrogen and oxygen atoms in total. The highest BCUT2D eigenvalue weighted by Gasteiger charge is 2.51. The molecule has 9 heteroatoms. The number of ketones is 1. The van der Waals surface area contributed by atoms with Gasteiger partial charge in [-0.2, -0.15) is 5.10 Å². The Morgan fingerprint density at radius 1 is 1.08 bits per heavy atom. The van der Waals surface area contributed by atoms with E-state index in [1.165, 1.54) is 0 Å². The molecule has 0 saturated heterocycles. The molecule has 3 aromatic rings. The minimum Gasteiger partial charge on any atom is -0.383 e. The number of hydrogen-bond donors (Lipinski definition) is 2. The first-order chi connectivity index (χ1) is 17.1. The Morgan fingerprint density at radius 2 is 1.72 bits per heavy atom. The summed E-state index contributed by atoms with van der Waals surface area (Å²) < 4.78 is 21.6. The summed E-state index contributed by atoms with van der Waals surface area (Å²) in [6, 6.07) is 9.15. The highest BCUT2D eigenvalue weighted by molar-refractivity contribution is 6.03. The average molecular weight is 494 g/mol. The van der Waals surface area contributed by atoms with Crippen LogP contribution in [0.15, 0.2) is 34.9 Å². The molecule has 2 heterocycles. The first-order valence-electron chi connectivity index (χ1n) is 12.5. The largest absolute Gasteiger partial charge is 0.383 e. The maximum absolute atomic E-state index is 14.5. The Kier molecular flexibility index (Phi) is 5.97. The number of benzene rings is 1. The smallest absolute Gasteiger partial charge is 0.254 e. The van der Waals surface area contributed by atoms with Crippen molar-refractivity contribution < 1.29 is 18.5 Å². The fraction of sp³-hybridized carbons (Fsp3) is 0.481. The van der Waals surface area contributed by atoms with Crippen LogP contribution >= 0.6 is 0 Å². The van der Waals surface area contributed by atoms with Crippen molar-refractivity contribution in [2.45, 2.75) is 82.3 Å². The van der Waals surface area contributed by atoms with Crippen LogP contribution < -0.4 is 11.5 Å². The summed E-state index contributed by atoms with van der Waals surface area (Å²) in [6.45, 7) is 3.84. The summed E-state index contributed by atoms with van der Waals surface area (Å²) in [4.78, 5) is 24.8. The van der Waals surface area contributed by atoms with Gasteiger partial charge in [0.25, 0.3) is 5.91 Å². The van der Waals surface area contributed by atoms with Crippen LogP contribution in [0.4, 0.5) is 10.2 Å². The van der Waals surface area contributed by atoms with Gasteiger partial charge in [0.15, 0.2) is 0 Å². The third kappa shape index (κ3) is 4.31. The molecule has 0 spiro atoms. The quantitative estimate of drug-likeness (QED) is 0.476. The topological polar surface area (TPSA) is 130 Å². The summed E-state index contributed by atoms with van der Waals surface area (Å²) >= 11 is 0. The molecule has 36 heavy (non-hydrogen) atoms. The fourth-order valence-electron chi connectivity index (χ4n) is 5.72. The van der Waals surface area contributed by atoms with E-state index >= 15 is 0 Å². The zero-order valence-corrected chi connectivity index (χ0v) is 20.7. The van der Waals surface area contributed by atoms with Crippen molar-refractivity contribution in [1.82, 2.24) is 14.9 Å². The van der Waals surface area contributed by atoms with Gasteiger partial charge in [0.05, 0.1) is 12.1 Å². The molecular weight excluding hydrogens is 461 g/mol. The SMILES string of the molecule is CC(C)n1nc(-c2ccc(CC(=O)Cc3cc(C45CCC(F)(CC4)CC5)no3)cc2)c(C(N)=O)c1N. The Balaban J connectivity index is 1.26. The lowest BCUT2D eigenvalue weighted by Crippen LogP contribution is -2.45. The van der Waals surface area contributed by atoms with Crippen LogP contribution in [0.2, 0.25) is 0 Å². The lowest BCUT2D eigenvalue weighted by atomic mass is 9.58. The van der Waals surface area contributed by atoms with E-state index in [0.717, 1.165) is 30.5 Å². The van der Waals surface area contributed by atoms with E-state index in [2.05, 4.69) is 10.3 Å². The van der Waals surface area contributed by atoms with E-state index in [9.17, 15) is 14.0 Å². The molecule has 2 aromatic heterocycles. The van der Waals surface area contributed by atoms with Crippen molar-refractivity contribution in [3.8, 4) is 11.3 Å². The summed E-state index contributed by atoms with van der Waals surface area (Å²) in [6.07, 6.45) is 4.48. The third-order valence-corrected chi connectivity index (χ3v) is 7.94. The monoisotopic (exact) mass is 493 g/mol. The molecular formula is C27H32FN5O3. The Bertz CT molecular complexity index is 1280. The Labute approximate surface area is 209 Å². The van der Waals surface area contributed by atoms with E-state index in [1.54, 1.807) is 4.68 Å². The number of alkyl halides is 1. The second kappa shape index (κ2) is 8.87. The number of nitrogens with zero attached hydrogens (tertiary/aromatic N) is 3. The number of nitrogens with two attached hydrogens (primary N) is 2. The van der Waals surface area contributed by atoms with Gasteiger partial charge in [-0.1, -0.05) is 29.4 Å². The van der Waals surface area contributed by atoms with E-state index in [4.69, 9.17) is 16.0 Å². The molecule has 0 unspecified atom stereocenters. The highest BCUT2D eigenvalue weighted by atomic mass is 19.1. The maximum atomic E-state index is 14.5. The zero-order chi connectivity index (χ0) is 25.7. The van der Waals surface area contributed by atoms with Gasteiger partial charge in [-0.15, -0.1) is 0 Å². The standard InChI is InChI=1S/C27H32FN5O3/c1-16(2)33-24(29)22(25(30)35)23(31-33)18-5-3-17(4-6-18)13-19(34)14-20-15-21(32-36-20)26-7-10-27(28,11-8-26)12-9-26/h3-6,15-16H,7-14,29H2,1-2H3,(H2,30,35). The number of rotatable bonds is 8. The maximum Gasteiger partial charge on any atom is 0.254 e. The van der Waals surface area contributed by atoms with Gasteiger partial charge in [0.1, 0.15) is 34.3 Å². The van der Waals surface area contributed by atoms with Gasteiger partial charge in [0, 0.05) is 29.5 Å². The van der Waals surface area contributed by atoms with Gasteiger partial charge in [-0.25, -0.2) is 9.07 Å². The number of aromatic nitrogens is 3. The molecule has 0 aliphatic heterocycles. The van der Waals surface area contributed by atoms with Crippen molar-refractivity contribution >= 4 is 17.5 Å². The zero-order valence-electron chi connectivity index (χ0n) is 20.7. The minimum absolute atomic E-state index is 0.00386. The number of nitrogen functional groups attached to an aromatic ring is 1. The summed E-state index contributed by atoms with van der Waals surface area (Å²) in [5.74, 6) is 0.155. The lowest BCUT2D eigenvalue weighted by molar-refractivity contribution is -0.118. The van der Waals surface area contributed by atoms with Crippen molar-refractivity contribution in [2.24, 2.45) is 5.73 Å². The highest BCUT2D eigenvalue weighted by Crippen LogP contribution is 2.54.